The summed E-state index contributed by atoms with van der Waals surface area (Å²) in [7, 11) is 0. The lowest BCUT2D eigenvalue weighted by Gasteiger charge is -2.09. The van der Waals surface area contributed by atoms with Crippen LogP contribution in [-0.4, -0.2) is 18.4 Å². The third-order valence-corrected chi connectivity index (χ3v) is 2.83. The van der Waals surface area contributed by atoms with Crippen LogP contribution in [0.4, 0.5) is 4.39 Å². The molecule has 0 spiro atoms. The van der Waals surface area contributed by atoms with E-state index in [9.17, 15) is 14.0 Å². The second-order valence-electron chi connectivity index (χ2n) is 4.54. The molecule has 2 rings (SSSR count). The first kappa shape index (κ1) is 16.2. The molecule has 2 amide bonds. The molecule has 0 aliphatic carbocycles. The van der Waals surface area contributed by atoms with E-state index < -0.39 is 11.8 Å². The van der Waals surface area contributed by atoms with Gasteiger partial charge in [0.25, 0.3) is 11.8 Å². The zero-order chi connectivity index (χ0) is 16.7. The highest BCUT2D eigenvalue weighted by Gasteiger charge is 2.15. The van der Waals surface area contributed by atoms with Gasteiger partial charge >= 0.3 is 0 Å². The zero-order valence-electron chi connectivity index (χ0n) is 12.2. The summed E-state index contributed by atoms with van der Waals surface area (Å²) in [6.45, 7) is 3.76. The van der Waals surface area contributed by atoms with Gasteiger partial charge in [-0.05, 0) is 35.9 Å². The fourth-order valence-corrected chi connectivity index (χ4v) is 1.74. The smallest absolute Gasteiger partial charge is 0.291 e. The molecule has 0 aliphatic rings. The molecule has 2 N–H and O–H groups in total. The molecule has 0 atom stereocenters. The Labute approximate surface area is 132 Å². The summed E-state index contributed by atoms with van der Waals surface area (Å²) in [6.07, 6.45) is 4.32. The van der Waals surface area contributed by atoms with Crippen LogP contribution in [0.5, 0.6) is 0 Å². The molecule has 0 radical (unpaired) electrons. The van der Waals surface area contributed by atoms with Crippen LogP contribution in [0.2, 0.25) is 0 Å². The number of hydrogen-bond acceptors (Lipinski definition) is 3. The van der Waals surface area contributed by atoms with Crippen LogP contribution < -0.4 is 10.6 Å². The van der Waals surface area contributed by atoms with E-state index in [1.807, 2.05) is 0 Å². The third kappa shape index (κ3) is 4.67. The van der Waals surface area contributed by atoms with Crippen LogP contribution in [-0.2, 0) is 4.79 Å². The first-order chi connectivity index (χ1) is 11.1. The quantitative estimate of drug-likeness (QED) is 0.635. The summed E-state index contributed by atoms with van der Waals surface area (Å²) < 4.78 is 17.9. The average Bonchev–Trinajstić information content (AvgIpc) is 3.08. The van der Waals surface area contributed by atoms with Crippen LogP contribution in [0.1, 0.15) is 16.1 Å². The van der Waals surface area contributed by atoms with Gasteiger partial charge in [-0.25, -0.2) is 4.39 Å². The Balaban J connectivity index is 2.23. The van der Waals surface area contributed by atoms with Crippen molar-refractivity contribution >= 4 is 17.9 Å². The van der Waals surface area contributed by atoms with Crippen molar-refractivity contribution in [2.75, 3.05) is 6.54 Å². The van der Waals surface area contributed by atoms with Gasteiger partial charge in [-0.1, -0.05) is 18.2 Å². The topological polar surface area (TPSA) is 71.3 Å². The second kappa shape index (κ2) is 7.74. The fraction of sp³-hybridized carbons (Fsp3) is 0.0588. The Morgan fingerprint density at radius 2 is 1.96 bits per heavy atom. The van der Waals surface area contributed by atoms with Gasteiger partial charge in [0.2, 0.25) is 0 Å². The number of furan rings is 1. The molecular formula is C17H15FN2O3. The van der Waals surface area contributed by atoms with E-state index in [0.717, 1.165) is 0 Å². The molecule has 118 valence electrons. The second-order valence-corrected chi connectivity index (χ2v) is 4.54. The number of benzene rings is 1. The van der Waals surface area contributed by atoms with E-state index in [1.54, 1.807) is 6.07 Å². The van der Waals surface area contributed by atoms with Gasteiger partial charge in [-0.15, -0.1) is 6.58 Å². The van der Waals surface area contributed by atoms with Crippen LogP contribution >= 0.6 is 0 Å². The summed E-state index contributed by atoms with van der Waals surface area (Å²) in [5.41, 5.74) is 0.578. The van der Waals surface area contributed by atoms with Gasteiger partial charge in [-0.2, -0.15) is 0 Å². The molecule has 0 fully saturated rings. The SMILES string of the molecule is C=CCNC(=O)/C(=C\c1ccc(F)cc1)NC(=O)c1ccco1. The first-order valence-corrected chi connectivity index (χ1v) is 6.81. The highest BCUT2D eigenvalue weighted by atomic mass is 19.1. The van der Waals surface area contributed by atoms with Crippen molar-refractivity contribution in [1.29, 1.82) is 0 Å². The van der Waals surface area contributed by atoms with Crippen molar-refractivity contribution in [2.24, 2.45) is 0 Å². The molecule has 0 saturated heterocycles. The number of carbonyl (C=O) groups excluding carboxylic acids is 2. The number of hydrogen-bond donors (Lipinski definition) is 2. The molecule has 1 heterocycles. The number of rotatable bonds is 6. The lowest BCUT2D eigenvalue weighted by Crippen LogP contribution is -2.34. The third-order valence-electron chi connectivity index (χ3n) is 2.83. The summed E-state index contributed by atoms with van der Waals surface area (Å²) in [6, 6.07) is 8.56. The molecule has 1 aromatic carbocycles. The molecule has 0 unspecified atom stereocenters. The summed E-state index contributed by atoms with van der Waals surface area (Å²) >= 11 is 0. The first-order valence-electron chi connectivity index (χ1n) is 6.81. The number of halogens is 1. The van der Waals surface area contributed by atoms with Crippen molar-refractivity contribution in [1.82, 2.24) is 10.6 Å². The van der Waals surface area contributed by atoms with E-state index >= 15 is 0 Å². The van der Waals surface area contributed by atoms with Gasteiger partial charge in [0.05, 0.1) is 6.26 Å². The number of amides is 2. The van der Waals surface area contributed by atoms with Crippen molar-refractivity contribution in [3.8, 4) is 0 Å². The summed E-state index contributed by atoms with van der Waals surface area (Å²) in [4.78, 5) is 24.2. The Bertz CT molecular complexity index is 719. The van der Waals surface area contributed by atoms with Crippen molar-refractivity contribution in [3.05, 3.63) is 78.2 Å². The molecule has 0 aliphatic heterocycles. The maximum Gasteiger partial charge on any atom is 0.291 e. The zero-order valence-corrected chi connectivity index (χ0v) is 12.2. The van der Waals surface area contributed by atoms with Gasteiger partial charge in [0, 0.05) is 6.54 Å². The Morgan fingerprint density at radius 3 is 2.57 bits per heavy atom. The Morgan fingerprint density at radius 1 is 1.22 bits per heavy atom. The van der Waals surface area contributed by atoms with Crippen LogP contribution in [0.3, 0.4) is 0 Å². The van der Waals surface area contributed by atoms with Crippen LogP contribution in [0, 0.1) is 5.82 Å². The van der Waals surface area contributed by atoms with Gasteiger partial charge in [0.15, 0.2) is 5.76 Å². The van der Waals surface area contributed by atoms with Gasteiger partial charge in [0.1, 0.15) is 11.5 Å². The van der Waals surface area contributed by atoms with E-state index in [0.29, 0.717) is 5.56 Å². The average molecular weight is 314 g/mol. The van der Waals surface area contributed by atoms with Gasteiger partial charge in [-0.3, -0.25) is 9.59 Å². The number of nitrogens with one attached hydrogen (secondary N) is 2. The minimum absolute atomic E-state index is 0.0138. The monoisotopic (exact) mass is 314 g/mol. The lowest BCUT2D eigenvalue weighted by atomic mass is 10.2. The molecule has 0 bridgehead atoms. The van der Waals surface area contributed by atoms with E-state index in [2.05, 4.69) is 17.2 Å². The molecule has 6 heteroatoms. The molecule has 23 heavy (non-hydrogen) atoms. The van der Waals surface area contributed by atoms with Crippen LogP contribution in [0.15, 0.2) is 65.4 Å². The predicted molar refractivity (Wildman–Crippen MR) is 83.8 cm³/mol. The van der Waals surface area contributed by atoms with E-state index in [-0.39, 0.29) is 23.8 Å². The molecule has 2 aromatic rings. The van der Waals surface area contributed by atoms with Gasteiger partial charge < -0.3 is 15.1 Å². The predicted octanol–water partition coefficient (Wildman–Crippen LogP) is 2.49. The normalized spacial score (nSPS) is 10.9. The van der Waals surface area contributed by atoms with Crippen LogP contribution in [0.25, 0.3) is 6.08 Å². The molecule has 0 saturated carbocycles. The van der Waals surface area contributed by atoms with E-state index in [1.165, 1.54) is 48.7 Å². The molecule has 1 aromatic heterocycles. The highest BCUT2D eigenvalue weighted by Crippen LogP contribution is 2.09. The number of carbonyl (C=O) groups is 2. The lowest BCUT2D eigenvalue weighted by molar-refractivity contribution is -0.117. The Hall–Kier alpha value is -3.15. The summed E-state index contributed by atoms with van der Waals surface area (Å²) in [5.74, 6) is -1.36. The molecular weight excluding hydrogens is 299 g/mol. The summed E-state index contributed by atoms with van der Waals surface area (Å²) in [5, 5.41) is 5.05. The minimum atomic E-state index is -0.558. The maximum absolute atomic E-state index is 13.0. The van der Waals surface area contributed by atoms with Crippen molar-refractivity contribution in [3.63, 3.8) is 0 Å². The standard InChI is InChI=1S/C17H15FN2O3/c1-2-9-19-16(21)14(11-12-5-7-13(18)8-6-12)20-17(22)15-4-3-10-23-15/h2-8,10-11H,1,9H2,(H,19,21)(H,20,22)/b14-11+. The fourth-order valence-electron chi connectivity index (χ4n) is 1.74. The largest absolute Gasteiger partial charge is 0.459 e. The maximum atomic E-state index is 13.0. The Kier molecular flexibility index (Phi) is 5.46. The highest BCUT2D eigenvalue weighted by molar-refractivity contribution is 6.04. The van der Waals surface area contributed by atoms with E-state index in [4.69, 9.17) is 4.42 Å². The molecule has 5 nitrogen and oxygen atoms in total. The van der Waals surface area contributed by atoms with Crippen molar-refractivity contribution < 1.29 is 18.4 Å². The van der Waals surface area contributed by atoms with Crippen molar-refractivity contribution in [2.45, 2.75) is 0 Å². The minimum Gasteiger partial charge on any atom is -0.459 e.